The summed E-state index contributed by atoms with van der Waals surface area (Å²) in [5.41, 5.74) is 0.645. The van der Waals surface area contributed by atoms with E-state index >= 15 is 0 Å². The summed E-state index contributed by atoms with van der Waals surface area (Å²) in [6, 6.07) is -0.422. The number of nitrogens with one attached hydrogen (secondary N) is 2. The van der Waals surface area contributed by atoms with Crippen LogP contribution < -0.4 is 10.6 Å². The Labute approximate surface area is 114 Å². The highest BCUT2D eigenvalue weighted by Gasteiger charge is 2.29. The van der Waals surface area contributed by atoms with E-state index in [1.165, 1.54) is 0 Å². The van der Waals surface area contributed by atoms with Gasteiger partial charge in [0.05, 0.1) is 24.7 Å². The number of amides is 3. The molecule has 2 aromatic rings. The Morgan fingerprint density at radius 3 is 2.85 bits per heavy atom. The molecule has 3 heterocycles. The molecule has 1 fully saturated rings. The van der Waals surface area contributed by atoms with Crippen molar-refractivity contribution in [3.8, 4) is 0 Å². The second-order valence-corrected chi connectivity index (χ2v) is 4.38. The van der Waals surface area contributed by atoms with Gasteiger partial charge in [0.25, 0.3) is 0 Å². The van der Waals surface area contributed by atoms with Crippen molar-refractivity contribution >= 4 is 28.8 Å². The number of nitrogens with zero attached hydrogens (tertiary/aromatic N) is 5. The molecule has 0 bridgehead atoms. The highest BCUT2D eigenvalue weighted by atomic mass is 16.2. The van der Waals surface area contributed by atoms with Crippen LogP contribution in [0, 0.1) is 0 Å². The standard InChI is InChI=1S/C11H13N7O2/c1-12-9-6-3-14-17(2)10(6)16-7(15-9)5-18-8(19)4-13-11(18)20/h3H,4-5H2,1-2H3,(H,13,20)(H,12,15,16). The quantitative estimate of drug-likeness (QED) is 0.729. The van der Waals surface area contributed by atoms with Crippen molar-refractivity contribution in [1.82, 2.24) is 30.0 Å². The van der Waals surface area contributed by atoms with Gasteiger partial charge in [0, 0.05) is 14.1 Å². The van der Waals surface area contributed by atoms with Crippen LogP contribution in [-0.4, -0.2) is 50.2 Å². The van der Waals surface area contributed by atoms with Crippen molar-refractivity contribution in [3.63, 3.8) is 0 Å². The van der Waals surface area contributed by atoms with Crippen molar-refractivity contribution in [1.29, 1.82) is 0 Å². The van der Waals surface area contributed by atoms with Gasteiger partial charge in [-0.25, -0.2) is 14.8 Å². The van der Waals surface area contributed by atoms with Gasteiger partial charge in [-0.3, -0.25) is 14.4 Å². The number of carbonyl (C=O) groups excluding carboxylic acids is 2. The number of fused-ring (bicyclic) bond motifs is 1. The predicted octanol–water partition coefficient (Wildman–Crippen LogP) is -0.543. The van der Waals surface area contributed by atoms with Gasteiger partial charge in [-0.1, -0.05) is 0 Å². The third-order valence-corrected chi connectivity index (χ3v) is 3.11. The fourth-order valence-corrected chi connectivity index (χ4v) is 2.09. The molecule has 0 radical (unpaired) electrons. The molecule has 0 saturated carbocycles. The van der Waals surface area contributed by atoms with Crippen LogP contribution in [0.25, 0.3) is 11.0 Å². The van der Waals surface area contributed by atoms with E-state index in [9.17, 15) is 9.59 Å². The number of urea groups is 1. The number of hydrogen-bond donors (Lipinski definition) is 2. The average molecular weight is 275 g/mol. The van der Waals surface area contributed by atoms with Crippen molar-refractivity contribution in [3.05, 3.63) is 12.0 Å². The molecule has 9 nitrogen and oxygen atoms in total. The van der Waals surface area contributed by atoms with Crippen LogP contribution in [0.2, 0.25) is 0 Å². The number of hydrogen-bond acceptors (Lipinski definition) is 6. The molecule has 0 aromatic carbocycles. The second kappa shape index (κ2) is 4.44. The molecule has 1 aliphatic heterocycles. The van der Waals surface area contributed by atoms with Crippen LogP contribution >= 0.6 is 0 Å². The molecule has 1 aliphatic rings. The van der Waals surface area contributed by atoms with Gasteiger partial charge in [0.2, 0.25) is 5.91 Å². The zero-order chi connectivity index (χ0) is 14.3. The fraction of sp³-hybridized carbons (Fsp3) is 0.364. The van der Waals surface area contributed by atoms with Crippen LogP contribution in [0.5, 0.6) is 0 Å². The average Bonchev–Trinajstić information content (AvgIpc) is 2.96. The molecular formula is C11H13N7O2. The van der Waals surface area contributed by atoms with E-state index in [4.69, 9.17) is 0 Å². The van der Waals surface area contributed by atoms with E-state index < -0.39 is 6.03 Å². The van der Waals surface area contributed by atoms with Crippen LogP contribution in [-0.2, 0) is 18.4 Å². The van der Waals surface area contributed by atoms with Crippen LogP contribution in [0.4, 0.5) is 10.6 Å². The lowest BCUT2D eigenvalue weighted by Crippen LogP contribution is -2.31. The molecule has 0 aliphatic carbocycles. The molecule has 0 unspecified atom stereocenters. The van der Waals surface area contributed by atoms with Gasteiger partial charge in [-0.05, 0) is 0 Å². The van der Waals surface area contributed by atoms with Crippen molar-refractivity contribution in [2.45, 2.75) is 6.54 Å². The van der Waals surface area contributed by atoms with E-state index in [1.54, 1.807) is 25.0 Å². The summed E-state index contributed by atoms with van der Waals surface area (Å²) in [5, 5.41) is 10.3. The lowest BCUT2D eigenvalue weighted by molar-refractivity contribution is -0.125. The first-order valence-corrected chi connectivity index (χ1v) is 6.04. The summed E-state index contributed by atoms with van der Waals surface area (Å²) in [6.07, 6.45) is 1.67. The maximum absolute atomic E-state index is 11.6. The molecule has 20 heavy (non-hydrogen) atoms. The molecule has 9 heteroatoms. The first-order chi connectivity index (χ1) is 9.60. The van der Waals surface area contributed by atoms with E-state index in [-0.39, 0.29) is 19.0 Å². The van der Waals surface area contributed by atoms with Gasteiger partial charge < -0.3 is 10.6 Å². The molecule has 1 saturated heterocycles. The topological polar surface area (TPSA) is 105 Å². The third kappa shape index (κ3) is 1.83. The number of aryl methyl sites for hydroxylation is 1. The lowest BCUT2D eigenvalue weighted by Gasteiger charge is -2.12. The molecule has 104 valence electrons. The zero-order valence-electron chi connectivity index (χ0n) is 11.0. The molecule has 3 amide bonds. The maximum Gasteiger partial charge on any atom is 0.325 e. The molecule has 3 rings (SSSR count). The van der Waals surface area contributed by atoms with E-state index in [0.29, 0.717) is 17.3 Å². The molecule has 0 atom stereocenters. The smallest absolute Gasteiger partial charge is 0.325 e. The number of aromatic nitrogens is 4. The van der Waals surface area contributed by atoms with Crippen LogP contribution in [0.1, 0.15) is 5.82 Å². The second-order valence-electron chi connectivity index (χ2n) is 4.38. The molecule has 0 spiro atoms. The Morgan fingerprint density at radius 2 is 2.20 bits per heavy atom. The molecular weight excluding hydrogens is 262 g/mol. The molecule has 2 aromatic heterocycles. The minimum absolute atomic E-state index is 0.0195. The summed E-state index contributed by atoms with van der Waals surface area (Å²) in [5.74, 6) is 0.718. The number of rotatable bonds is 3. The minimum Gasteiger partial charge on any atom is -0.372 e. The number of anilines is 1. The van der Waals surface area contributed by atoms with Crippen LogP contribution in [0.15, 0.2) is 6.20 Å². The Morgan fingerprint density at radius 1 is 1.40 bits per heavy atom. The summed E-state index contributed by atoms with van der Waals surface area (Å²) in [4.78, 5) is 32.9. The Hall–Kier alpha value is -2.71. The zero-order valence-corrected chi connectivity index (χ0v) is 11.0. The Bertz CT molecular complexity index is 692. The van der Waals surface area contributed by atoms with Crippen molar-refractivity contribution in [2.75, 3.05) is 18.9 Å². The van der Waals surface area contributed by atoms with Gasteiger partial charge in [-0.2, -0.15) is 5.10 Å². The summed E-state index contributed by atoms with van der Waals surface area (Å²) < 4.78 is 1.62. The number of carbonyl (C=O) groups is 2. The van der Waals surface area contributed by atoms with E-state index in [1.807, 2.05) is 0 Å². The fourth-order valence-electron chi connectivity index (χ4n) is 2.09. The van der Waals surface area contributed by atoms with Gasteiger partial charge >= 0.3 is 6.03 Å². The number of imide groups is 1. The maximum atomic E-state index is 11.6. The summed E-state index contributed by atoms with van der Waals surface area (Å²) in [7, 11) is 3.51. The Balaban J connectivity index is 2.01. The SMILES string of the molecule is CNc1nc(CN2C(=O)CNC2=O)nc2c1cnn2C. The first-order valence-electron chi connectivity index (χ1n) is 6.04. The van der Waals surface area contributed by atoms with Crippen molar-refractivity contribution < 1.29 is 9.59 Å². The molecule has 2 N–H and O–H groups in total. The summed E-state index contributed by atoms with van der Waals surface area (Å²) >= 11 is 0. The Kier molecular flexibility index (Phi) is 2.74. The van der Waals surface area contributed by atoms with Crippen molar-refractivity contribution in [2.24, 2.45) is 7.05 Å². The monoisotopic (exact) mass is 275 g/mol. The third-order valence-electron chi connectivity index (χ3n) is 3.11. The largest absolute Gasteiger partial charge is 0.372 e. The van der Waals surface area contributed by atoms with Gasteiger partial charge in [0.1, 0.15) is 5.82 Å². The summed E-state index contributed by atoms with van der Waals surface area (Å²) in [6.45, 7) is 0.0616. The first kappa shape index (κ1) is 12.3. The normalized spacial score (nSPS) is 15.0. The van der Waals surface area contributed by atoms with Crippen LogP contribution in [0.3, 0.4) is 0 Å². The van der Waals surface area contributed by atoms with E-state index in [0.717, 1.165) is 10.3 Å². The van der Waals surface area contributed by atoms with Gasteiger partial charge in [-0.15, -0.1) is 0 Å². The van der Waals surface area contributed by atoms with E-state index in [2.05, 4.69) is 25.7 Å². The van der Waals surface area contributed by atoms with Gasteiger partial charge in [0.15, 0.2) is 11.5 Å². The minimum atomic E-state index is -0.422. The predicted molar refractivity (Wildman–Crippen MR) is 69.8 cm³/mol. The highest BCUT2D eigenvalue weighted by molar-refractivity contribution is 6.01. The lowest BCUT2D eigenvalue weighted by atomic mass is 10.3. The highest BCUT2D eigenvalue weighted by Crippen LogP contribution is 2.19.